The number of carbonyl (C=O) groups is 2. The van der Waals surface area contributed by atoms with Crippen molar-refractivity contribution in [2.75, 3.05) is 6.61 Å². The van der Waals surface area contributed by atoms with Gasteiger partial charge in [-0.25, -0.2) is 4.79 Å². The number of ether oxygens (including phenoxy) is 1. The molecule has 1 unspecified atom stereocenters. The molecule has 1 amide bonds. The zero-order valence-corrected chi connectivity index (χ0v) is 12.4. The highest BCUT2D eigenvalue weighted by molar-refractivity contribution is 6.30. The molecular weight excluding hydrogens is 278 g/mol. The molecule has 0 radical (unpaired) electrons. The van der Waals surface area contributed by atoms with E-state index in [1.165, 1.54) is 6.92 Å². The maximum Gasteiger partial charge on any atom is 0.333 e. The second-order valence-electron chi connectivity index (χ2n) is 4.86. The first-order valence-corrected chi connectivity index (χ1v) is 7.13. The van der Waals surface area contributed by atoms with Gasteiger partial charge in [0, 0.05) is 18.0 Å². The van der Waals surface area contributed by atoms with E-state index in [4.69, 9.17) is 16.3 Å². The molecule has 1 aliphatic carbocycles. The van der Waals surface area contributed by atoms with Gasteiger partial charge >= 0.3 is 5.97 Å². The summed E-state index contributed by atoms with van der Waals surface area (Å²) in [7, 11) is 0. The molecule has 4 nitrogen and oxygen atoms in total. The second-order valence-corrected chi connectivity index (χ2v) is 5.30. The van der Waals surface area contributed by atoms with Crippen molar-refractivity contribution < 1.29 is 14.3 Å². The Morgan fingerprint density at radius 1 is 1.35 bits per heavy atom. The summed E-state index contributed by atoms with van der Waals surface area (Å²) < 4.78 is 5.13. The van der Waals surface area contributed by atoms with Crippen molar-refractivity contribution >= 4 is 23.5 Å². The van der Waals surface area contributed by atoms with Gasteiger partial charge < -0.3 is 9.64 Å². The summed E-state index contributed by atoms with van der Waals surface area (Å²) in [5, 5.41) is 0.595. The van der Waals surface area contributed by atoms with Crippen LogP contribution in [0.1, 0.15) is 38.3 Å². The lowest BCUT2D eigenvalue weighted by atomic mass is 10.0. The van der Waals surface area contributed by atoms with E-state index in [9.17, 15) is 9.59 Å². The zero-order chi connectivity index (χ0) is 14.7. The molecule has 5 heteroatoms. The largest absolute Gasteiger partial charge is 0.464 e. The third-order valence-corrected chi connectivity index (χ3v) is 3.53. The van der Waals surface area contributed by atoms with Crippen molar-refractivity contribution in [2.45, 2.75) is 38.8 Å². The summed E-state index contributed by atoms with van der Waals surface area (Å²) in [5.41, 5.74) is 0.731. The summed E-state index contributed by atoms with van der Waals surface area (Å²) in [6.45, 7) is 3.53. The SMILES string of the molecule is CCOC(=O)C(c1ccc(Cl)cc1)N(C(C)=O)C1CC1. The van der Waals surface area contributed by atoms with Crippen LogP contribution in [-0.2, 0) is 14.3 Å². The first-order valence-electron chi connectivity index (χ1n) is 6.75. The minimum absolute atomic E-state index is 0.111. The van der Waals surface area contributed by atoms with E-state index >= 15 is 0 Å². The molecule has 1 fully saturated rings. The molecule has 0 saturated heterocycles. The van der Waals surface area contributed by atoms with Crippen molar-refractivity contribution in [3.8, 4) is 0 Å². The Bertz CT molecular complexity index is 496. The molecule has 2 rings (SSSR count). The molecule has 0 aliphatic heterocycles. The minimum atomic E-state index is -0.683. The molecule has 1 aromatic rings. The molecule has 1 saturated carbocycles. The quantitative estimate of drug-likeness (QED) is 0.785. The van der Waals surface area contributed by atoms with E-state index in [2.05, 4.69) is 0 Å². The van der Waals surface area contributed by atoms with Crippen LogP contribution in [0.25, 0.3) is 0 Å². The first-order chi connectivity index (χ1) is 9.54. The molecular formula is C15H18ClNO3. The van der Waals surface area contributed by atoms with E-state index in [1.807, 2.05) is 0 Å². The maximum atomic E-state index is 12.3. The molecule has 0 N–H and O–H groups in total. The van der Waals surface area contributed by atoms with Crippen molar-refractivity contribution in [3.05, 3.63) is 34.9 Å². The number of amides is 1. The van der Waals surface area contributed by atoms with Crippen molar-refractivity contribution in [1.29, 1.82) is 0 Å². The predicted molar refractivity (Wildman–Crippen MR) is 76.4 cm³/mol. The zero-order valence-electron chi connectivity index (χ0n) is 11.6. The Labute approximate surface area is 123 Å². The summed E-state index contributed by atoms with van der Waals surface area (Å²) >= 11 is 5.88. The van der Waals surface area contributed by atoms with Crippen LogP contribution in [0.2, 0.25) is 5.02 Å². The number of carbonyl (C=O) groups excluding carboxylic acids is 2. The van der Waals surface area contributed by atoms with Gasteiger partial charge in [0.1, 0.15) is 0 Å². The van der Waals surface area contributed by atoms with Crippen LogP contribution in [0.15, 0.2) is 24.3 Å². The average molecular weight is 296 g/mol. The van der Waals surface area contributed by atoms with Gasteiger partial charge in [-0.05, 0) is 37.5 Å². The van der Waals surface area contributed by atoms with Gasteiger partial charge in [0.2, 0.25) is 5.91 Å². The predicted octanol–water partition coefficient (Wildman–Crippen LogP) is 2.96. The maximum absolute atomic E-state index is 12.3. The van der Waals surface area contributed by atoms with Crippen LogP contribution in [0.4, 0.5) is 0 Å². The number of esters is 1. The second kappa shape index (κ2) is 6.27. The van der Waals surface area contributed by atoms with Gasteiger partial charge in [0.15, 0.2) is 6.04 Å². The highest BCUT2D eigenvalue weighted by Crippen LogP contribution is 2.35. The fourth-order valence-corrected chi connectivity index (χ4v) is 2.40. The fraction of sp³-hybridized carbons (Fsp3) is 0.467. The van der Waals surface area contributed by atoms with Gasteiger partial charge in [-0.1, -0.05) is 23.7 Å². The number of halogens is 1. The standard InChI is InChI=1S/C15H18ClNO3/c1-3-20-15(19)14(11-4-6-12(16)7-5-11)17(10(2)18)13-8-9-13/h4-7,13-14H,3,8-9H2,1-2H3. The van der Waals surface area contributed by atoms with Crippen LogP contribution in [0.3, 0.4) is 0 Å². The Balaban J connectivity index is 2.34. The first kappa shape index (κ1) is 14.9. The van der Waals surface area contributed by atoms with Gasteiger partial charge in [0.25, 0.3) is 0 Å². The lowest BCUT2D eigenvalue weighted by Gasteiger charge is -2.29. The van der Waals surface area contributed by atoms with E-state index < -0.39 is 12.0 Å². The highest BCUT2D eigenvalue weighted by atomic mass is 35.5. The number of nitrogens with zero attached hydrogens (tertiary/aromatic N) is 1. The van der Waals surface area contributed by atoms with E-state index in [0.717, 1.165) is 18.4 Å². The van der Waals surface area contributed by atoms with E-state index in [0.29, 0.717) is 11.6 Å². The molecule has 1 atom stereocenters. The molecule has 1 aliphatic rings. The molecule has 108 valence electrons. The Morgan fingerprint density at radius 3 is 2.40 bits per heavy atom. The normalized spacial score (nSPS) is 15.6. The van der Waals surface area contributed by atoms with Crippen LogP contribution in [-0.4, -0.2) is 29.4 Å². The van der Waals surface area contributed by atoms with E-state index in [-0.39, 0.29) is 11.9 Å². The smallest absolute Gasteiger partial charge is 0.333 e. The molecule has 20 heavy (non-hydrogen) atoms. The van der Waals surface area contributed by atoms with Crippen LogP contribution >= 0.6 is 11.6 Å². The van der Waals surface area contributed by atoms with Crippen LogP contribution in [0.5, 0.6) is 0 Å². The Kier molecular flexibility index (Phi) is 4.65. The van der Waals surface area contributed by atoms with Gasteiger partial charge in [-0.3, -0.25) is 4.79 Å². The molecule has 0 spiro atoms. The summed E-state index contributed by atoms with van der Waals surface area (Å²) in [4.78, 5) is 25.8. The van der Waals surface area contributed by atoms with Crippen molar-refractivity contribution in [2.24, 2.45) is 0 Å². The third-order valence-electron chi connectivity index (χ3n) is 3.28. The Hall–Kier alpha value is -1.55. The molecule has 0 bridgehead atoms. The highest BCUT2D eigenvalue weighted by Gasteiger charge is 2.40. The van der Waals surface area contributed by atoms with E-state index in [1.54, 1.807) is 36.1 Å². The van der Waals surface area contributed by atoms with Gasteiger partial charge in [-0.15, -0.1) is 0 Å². The Morgan fingerprint density at radius 2 is 1.95 bits per heavy atom. The van der Waals surface area contributed by atoms with Gasteiger partial charge in [-0.2, -0.15) is 0 Å². The molecule has 0 heterocycles. The third kappa shape index (κ3) is 3.31. The van der Waals surface area contributed by atoms with Crippen LogP contribution in [0, 0.1) is 0 Å². The summed E-state index contributed by atoms with van der Waals surface area (Å²) in [6.07, 6.45) is 1.87. The number of hydrogen-bond donors (Lipinski definition) is 0. The molecule has 1 aromatic carbocycles. The number of hydrogen-bond acceptors (Lipinski definition) is 3. The lowest BCUT2D eigenvalue weighted by molar-refractivity contribution is -0.155. The van der Waals surface area contributed by atoms with Crippen molar-refractivity contribution in [3.63, 3.8) is 0 Å². The average Bonchev–Trinajstić information content (AvgIpc) is 3.21. The number of rotatable bonds is 5. The van der Waals surface area contributed by atoms with Crippen LogP contribution < -0.4 is 0 Å². The summed E-state index contributed by atoms with van der Waals surface area (Å²) in [6, 6.07) is 6.42. The topological polar surface area (TPSA) is 46.6 Å². The fourth-order valence-electron chi connectivity index (χ4n) is 2.28. The number of benzene rings is 1. The molecule has 0 aromatic heterocycles. The van der Waals surface area contributed by atoms with Gasteiger partial charge in [0.05, 0.1) is 6.61 Å². The monoisotopic (exact) mass is 295 g/mol. The lowest BCUT2D eigenvalue weighted by Crippen LogP contribution is -2.40. The van der Waals surface area contributed by atoms with Crippen molar-refractivity contribution in [1.82, 2.24) is 4.90 Å². The summed E-state index contributed by atoms with van der Waals surface area (Å²) in [5.74, 6) is -0.502. The minimum Gasteiger partial charge on any atom is -0.464 e.